The van der Waals surface area contributed by atoms with Crippen molar-refractivity contribution in [3.63, 3.8) is 0 Å². The van der Waals surface area contributed by atoms with Crippen molar-refractivity contribution >= 4 is 0 Å². The predicted molar refractivity (Wildman–Crippen MR) is 78.8 cm³/mol. The largest absolute Gasteiger partial charge is 0.316 e. The van der Waals surface area contributed by atoms with E-state index in [1.54, 1.807) is 0 Å². The van der Waals surface area contributed by atoms with E-state index in [4.69, 9.17) is 0 Å². The van der Waals surface area contributed by atoms with Crippen LogP contribution in [-0.2, 0) is 0 Å². The zero-order chi connectivity index (χ0) is 12.8. The third-order valence-electron chi connectivity index (χ3n) is 5.25. The van der Waals surface area contributed by atoms with Crippen molar-refractivity contribution in [2.45, 2.75) is 64.8 Å². The molecule has 106 valence electrons. The van der Waals surface area contributed by atoms with Crippen LogP contribution in [0.3, 0.4) is 0 Å². The number of piperidine rings is 2. The maximum absolute atomic E-state index is 3.71. The van der Waals surface area contributed by atoms with Gasteiger partial charge in [0.15, 0.2) is 0 Å². The van der Waals surface area contributed by atoms with Gasteiger partial charge >= 0.3 is 0 Å². The van der Waals surface area contributed by atoms with Gasteiger partial charge in [-0.1, -0.05) is 26.7 Å². The molecule has 0 bridgehead atoms. The molecule has 18 heavy (non-hydrogen) atoms. The van der Waals surface area contributed by atoms with Crippen LogP contribution in [0.1, 0.15) is 58.8 Å². The molecule has 0 radical (unpaired) electrons. The summed E-state index contributed by atoms with van der Waals surface area (Å²) in [7, 11) is 0. The molecule has 2 fully saturated rings. The van der Waals surface area contributed by atoms with Gasteiger partial charge in [-0.05, 0) is 69.5 Å². The van der Waals surface area contributed by atoms with Crippen LogP contribution in [0.15, 0.2) is 0 Å². The Morgan fingerprint density at radius 3 is 2.44 bits per heavy atom. The first-order chi connectivity index (χ1) is 8.77. The summed E-state index contributed by atoms with van der Waals surface area (Å²) in [6, 6.07) is 0.801. The summed E-state index contributed by atoms with van der Waals surface area (Å²) in [5.74, 6) is 2.71. The average Bonchev–Trinajstić information content (AvgIpc) is 2.46. The van der Waals surface area contributed by atoms with Crippen LogP contribution in [0.25, 0.3) is 0 Å². The Kier molecular flexibility index (Phi) is 5.97. The standard InChI is InChI=1S/C16H32N2/c1-13(15-6-5-10-17-12-15)8-9-14(2)16-7-3-4-11-18-16/h13-18H,3-12H2,1-2H3. The molecule has 2 saturated heterocycles. The van der Waals surface area contributed by atoms with Crippen LogP contribution in [0.4, 0.5) is 0 Å². The molecule has 0 aromatic heterocycles. The maximum atomic E-state index is 3.71. The third-order valence-corrected chi connectivity index (χ3v) is 5.25. The molecule has 0 aromatic carbocycles. The summed E-state index contributed by atoms with van der Waals surface area (Å²) in [6.45, 7) is 8.67. The number of hydrogen-bond acceptors (Lipinski definition) is 2. The van der Waals surface area contributed by atoms with E-state index >= 15 is 0 Å². The lowest BCUT2D eigenvalue weighted by atomic mass is 9.81. The van der Waals surface area contributed by atoms with E-state index in [2.05, 4.69) is 24.5 Å². The van der Waals surface area contributed by atoms with Gasteiger partial charge in [0.1, 0.15) is 0 Å². The van der Waals surface area contributed by atoms with Crippen LogP contribution >= 0.6 is 0 Å². The highest BCUT2D eigenvalue weighted by Gasteiger charge is 2.23. The molecule has 0 aromatic rings. The Morgan fingerprint density at radius 2 is 1.78 bits per heavy atom. The van der Waals surface area contributed by atoms with Crippen molar-refractivity contribution in [2.24, 2.45) is 17.8 Å². The molecule has 0 aliphatic carbocycles. The van der Waals surface area contributed by atoms with Crippen molar-refractivity contribution in [3.05, 3.63) is 0 Å². The Hall–Kier alpha value is -0.0800. The second-order valence-corrected chi connectivity index (χ2v) is 6.69. The number of nitrogens with one attached hydrogen (secondary N) is 2. The highest BCUT2D eigenvalue weighted by atomic mass is 14.9. The molecule has 4 unspecified atom stereocenters. The van der Waals surface area contributed by atoms with Gasteiger partial charge in [0, 0.05) is 6.04 Å². The second kappa shape index (κ2) is 7.49. The van der Waals surface area contributed by atoms with Gasteiger partial charge in [-0.2, -0.15) is 0 Å². The molecule has 0 spiro atoms. The topological polar surface area (TPSA) is 24.1 Å². The number of hydrogen-bond donors (Lipinski definition) is 2. The molecule has 2 rings (SSSR count). The molecule has 2 aliphatic heterocycles. The van der Waals surface area contributed by atoms with Gasteiger partial charge in [-0.3, -0.25) is 0 Å². The Balaban J connectivity index is 1.66. The minimum atomic E-state index is 0.801. The van der Waals surface area contributed by atoms with Crippen LogP contribution in [0.2, 0.25) is 0 Å². The summed E-state index contributed by atoms with van der Waals surface area (Å²) < 4.78 is 0. The zero-order valence-corrected chi connectivity index (χ0v) is 12.4. The van der Waals surface area contributed by atoms with Gasteiger partial charge in [0.25, 0.3) is 0 Å². The Morgan fingerprint density at radius 1 is 0.944 bits per heavy atom. The quantitative estimate of drug-likeness (QED) is 0.785. The molecule has 2 N–H and O–H groups in total. The summed E-state index contributed by atoms with van der Waals surface area (Å²) in [5, 5.41) is 7.26. The van der Waals surface area contributed by atoms with Crippen LogP contribution in [-0.4, -0.2) is 25.7 Å². The molecule has 0 saturated carbocycles. The summed E-state index contributed by atoms with van der Waals surface area (Å²) in [6.07, 6.45) is 9.89. The smallest absolute Gasteiger partial charge is 0.00926 e. The summed E-state index contributed by atoms with van der Waals surface area (Å²) in [4.78, 5) is 0. The van der Waals surface area contributed by atoms with E-state index in [0.29, 0.717) is 0 Å². The molecular formula is C16H32N2. The summed E-state index contributed by atoms with van der Waals surface area (Å²) >= 11 is 0. The van der Waals surface area contributed by atoms with Crippen LogP contribution < -0.4 is 10.6 Å². The van der Waals surface area contributed by atoms with E-state index in [1.807, 2.05) is 0 Å². The van der Waals surface area contributed by atoms with Crippen molar-refractivity contribution in [1.29, 1.82) is 0 Å². The molecule has 2 heteroatoms. The molecule has 2 heterocycles. The minimum Gasteiger partial charge on any atom is -0.316 e. The lowest BCUT2D eigenvalue weighted by molar-refractivity contribution is 0.233. The monoisotopic (exact) mass is 252 g/mol. The first-order valence-electron chi connectivity index (χ1n) is 8.21. The highest BCUT2D eigenvalue weighted by molar-refractivity contribution is 4.79. The van der Waals surface area contributed by atoms with E-state index < -0.39 is 0 Å². The minimum absolute atomic E-state index is 0.801. The van der Waals surface area contributed by atoms with Crippen molar-refractivity contribution in [3.8, 4) is 0 Å². The van der Waals surface area contributed by atoms with Gasteiger partial charge in [-0.15, -0.1) is 0 Å². The lowest BCUT2D eigenvalue weighted by Gasteiger charge is -2.32. The third kappa shape index (κ3) is 4.24. The zero-order valence-electron chi connectivity index (χ0n) is 12.4. The SMILES string of the molecule is CC(CCC(C)C1CCCCN1)C1CCCNC1. The fraction of sp³-hybridized carbons (Fsp3) is 1.00. The highest BCUT2D eigenvalue weighted by Crippen LogP contribution is 2.27. The van der Waals surface area contributed by atoms with Gasteiger partial charge in [-0.25, -0.2) is 0 Å². The molecule has 4 atom stereocenters. The van der Waals surface area contributed by atoms with Gasteiger partial charge < -0.3 is 10.6 Å². The van der Waals surface area contributed by atoms with Crippen molar-refractivity contribution in [2.75, 3.05) is 19.6 Å². The fourth-order valence-corrected chi connectivity index (χ4v) is 3.69. The van der Waals surface area contributed by atoms with Crippen LogP contribution in [0.5, 0.6) is 0 Å². The Labute approximate surface area is 113 Å². The predicted octanol–water partition coefficient (Wildman–Crippen LogP) is 3.18. The molecular weight excluding hydrogens is 220 g/mol. The van der Waals surface area contributed by atoms with E-state index in [9.17, 15) is 0 Å². The average molecular weight is 252 g/mol. The normalized spacial score (nSPS) is 33.0. The lowest BCUT2D eigenvalue weighted by Crippen LogP contribution is -2.39. The fourth-order valence-electron chi connectivity index (χ4n) is 3.69. The van der Waals surface area contributed by atoms with Crippen LogP contribution in [0, 0.1) is 17.8 Å². The van der Waals surface area contributed by atoms with Crippen molar-refractivity contribution < 1.29 is 0 Å². The molecule has 2 aliphatic rings. The van der Waals surface area contributed by atoms with E-state index in [0.717, 1.165) is 23.8 Å². The van der Waals surface area contributed by atoms with E-state index in [1.165, 1.54) is 64.6 Å². The Bertz CT molecular complexity index is 193. The van der Waals surface area contributed by atoms with Crippen molar-refractivity contribution in [1.82, 2.24) is 10.6 Å². The second-order valence-electron chi connectivity index (χ2n) is 6.69. The number of rotatable bonds is 5. The first kappa shape index (κ1) is 14.3. The molecule has 0 amide bonds. The summed E-state index contributed by atoms with van der Waals surface area (Å²) in [5.41, 5.74) is 0. The molecule has 2 nitrogen and oxygen atoms in total. The van der Waals surface area contributed by atoms with Gasteiger partial charge in [0.05, 0.1) is 0 Å². The van der Waals surface area contributed by atoms with E-state index in [-0.39, 0.29) is 0 Å². The van der Waals surface area contributed by atoms with Gasteiger partial charge in [0.2, 0.25) is 0 Å². The maximum Gasteiger partial charge on any atom is 0.00926 e. The first-order valence-corrected chi connectivity index (χ1v) is 8.21.